The predicted molar refractivity (Wildman–Crippen MR) is 67.2 cm³/mol. The SMILES string of the molecule is Cc1coc(SC(C)C(=O)c2ccc(F)c(F)c2)n1. The number of benzene rings is 1. The van der Waals surface area contributed by atoms with Gasteiger partial charge in [-0.1, -0.05) is 11.8 Å². The number of thioether (sulfide) groups is 1. The molecule has 0 radical (unpaired) electrons. The Kier molecular flexibility index (Phi) is 3.99. The number of ketones is 1. The highest BCUT2D eigenvalue weighted by atomic mass is 32.2. The van der Waals surface area contributed by atoms with Crippen molar-refractivity contribution in [2.75, 3.05) is 0 Å². The zero-order chi connectivity index (χ0) is 14.0. The molecule has 1 atom stereocenters. The Labute approximate surface area is 113 Å². The first kappa shape index (κ1) is 13.7. The first-order chi connectivity index (χ1) is 8.97. The molecule has 3 nitrogen and oxygen atoms in total. The maximum Gasteiger partial charge on any atom is 0.256 e. The lowest BCUT2D eigenvalue weighted by molar-refractivity contribution is 0.0993. The van der Waals surface area contributed by atoms with E-state index in [0.29, 0.717) is 5.22 Å². The third-order valence-electron chi connectivity index (χ3n) is 2.45. The van der Waals surface area contributed by atoms with Crippen molar-refractivity contribution in [1.82, 2.24) is 4.98 Å². The van der Waals surface area contributed by atoms with Gasteiger partial charge in [-0.25, -0.2) is 13.8 Å². The van der Waals surface area contributed by atoms with Crippen LogP contribution in [0.2, 0.25) is 0 Å². The third-order valence-corrected chi connectivity index (χ3v) is 3.41. The van der Waals surface area contributed by atoms with Crippen molar-refractivity contribution in [1.29, 1.82) is 0 Å². The number of Topliss-reactive ketones (excluding diaryl/α,β-unsaturated/α-hetero) is 1. The van der Waals surface area contributed by atoms with E-state index in [0.717, 1.165) is 29.6 Å². The van der Waals surface area contributed by atoms with Gasteiger partial charge in [0.05, 0.1) is 10.9 Å². The molecule has 0 aliphatic heterocycles. The van der Waals surface area contributed by atoms with Crippen LogP contribution in [-0.4, -0.2) is 16.0 Å². The van der Waals surface area contributed by atoms with E-state index in [1.807, 2.05) is 0 Å². The lowest BCUT2D eigenvalue weighted by atomic mass is 10.1. The normalized spacial score (nSPS) is 12.4. The summed E-state index contributed by atoms with van der Waals surface area (Å²) in [5.41, 5.74) is 0.845. The van der Waals surface area contributed by atoms with Crippen LogP contribution in [0.15, 0.2) is 34.1 Å². The second-order valence-corrected chi connectivity index (χ2v) is 5.30. The van der Waals surface area contributed by atoms with Gasteiger partial charge in [0, 0.05) is 5.56 Å². The molecule has 1 aromatic carbocycles. The summed E-state index contributed by atoms with van der Waals surface area (Å²) in [5.74, 6) is -2.31. The molecule has 19 heavy (non-hydrogen) atoms. The summed E-state index contributed by atoms with van der Waals surface area (Å²) < 4.78 is 31.0. The van der Waals surface area contributed by atoms with Gasteiger partial charge >= 0.3 is 0 Å². The second kappa shape index (κ2) is 5.52. The van der Waals surface area contributed by atoms with Crippen LogP contribution >= 0.6 is 11.8 Å². The van der Waals surface area contributed by atoms with Crippen LogP contribution in [0.25, 0.3) is 0 Å². The second-order valence-electron chi connectivity index (χ2n) is 4.01. The number of hydrogen-bond donors (Lipinski definition) is 0. The van der Waals surface area contributed by atoms with Gasteiger partial charge in [0.25, 0.3) is 5.22 Å². The van der Waals surface area contributed by atoms with Gasteiger partial charge < -0.3 is 4.42 Å². The van der Waals surface area contributed by atoms with Crippen LogP contribution < -0.4 is 0 Å². The van der Waals surface area contributed by atoms with Gasteiger partial charge in [0.1, 0.15) is 6.26 Å². The fraction of sp³-hybridized carbons (Fsp3) is 0.231. The molecule has 0 bridgehead atoms. The minimum absolute atomic E-state index is 0.127. The van der Waals surface area contributed by atoms with E-state index >= 15 is 0 Å². The van der Waals surface area contributed by atoms with Crippen LogP contribution in [0.1, 0.15) is 23.0 Å². The molecular weight excluding hydrogens is 272 g/mol. The van der Waals surface area contributed by atoms with Crippen molar-refractivity contribution >= 4 is 17.5 Å². The standard InChI is InChI=1S/C13H11F2NO2S/c1-7-6-18-13(16-7)19-8(2)12(17)9-3-4-10(14)11(15)5-9/h3-6,8H,1-2H3. The van der Waals surface area contributed by atoms with Crippen molar-refractivity contribution in [3.63, 3.8) is 0 Å². The van der Waals surface area contributed by atoms with Crippen molar-refractivity contribution in [2.24, 2.45) is 0 Å². The van der Waals surface area contributed by atoms with E-state index in [4.69, 9.17) is 4.42 Å². The summed E-state index contributed by atoms with van der Waals surface area (Å²) in [5, 5.41) is -0.121. The van der Waals surface area contributed by atoms with Crippen molar-refractivity contribution in [3.8, 4) is 0 Å². The summed E-state index contributed by atoms with van der Waals surface area (Å²) in [6, 6.07) is 3.10. The van der Waals surface area contributed by atoms with E-state index in [-0.39, 0.29) is 11.3 Å². The Balaban J connectivity index is 2.12. The van der Waals surface area contributed by atoms with E-state index in [1.54, 1.807) is 13.8 Å². The smallest absolute Gasteiger partial charge is 0.256 e. The molecule has 100 valence electrons. The van der Waals surface area contributed by atoms with E-state index in [9.17, 15) is 13.6 Å². The summed E-state index contributed by atoms with van der Waals surface area (Å²) in [7, 11) is 0. The number of oxazole rings is 1. The lowest BCUT2D eigenvalue weighted by Crippen LogP contribution is -2.14. The topological polar surface area (TPSA) is 43.1 Å². The van der Waals surface area contributed by atoms with Gasteiger partial charge in [0.15, 0.2) is 17.4 Å². The average Bonchev–Trinajstić information content (AvgIpc) is 2.77. The molecule has 0 aliphatic carbocycles. The van der Waals surface area contributed by atoms with E-state index in [1.165, 1.54) is 12.3 Å². The zero-order valence-corrected chi connectivity index (χ0v) is 11.1. The molecule has 1 aromatic heterocycles. The Morgan fingerprint density at radius 2 is 2.11 bits per heavy atom. The van der Waals surface area contributed by atoms with Gasteiger partial charge in [-0.05, 0) is 32.0 Å². The largest absolute Gasteiger partial charge is 0.440 e. The highest BCUT2D eigenvalue weighted by Crippen LogP contribution is 2.25. The molecule has 1 heterocycles. The van der Waals surface area contributed by atoms with E-state index in [2.05, 4.69) is 4.98 Å². The monoisotopic (exact) mass is 283 g/mol. The quantitative estimate of drug-likeness (QED) is 0.635. The summed E-state index contributed by atoms with van der Waals surface area (Å²) >= 11 is 1.13. The highest BCUT2D eigenvalue weighted by Gasteiger charge is 2.20. The number of aryl methyl sites for hydroxylation is 1. The molecule has 6 heteroatoms. The Bertz CT molecular complexity index is 612. The van der Waals surface area contributed by atoms with Gasteiger partial charge in [-0.3, -0.25) is 4.79 Å². The fourth-order valence-corrected chi connectivity index (χ4v) is 2.32. The first-order valence-corrected chi connectivity index (χ1v) is 6.43. The number of carbonyl (C=O) groups is 1. The van der Waals surface area contributed by atoms with Crippen LogP contribution in [0, 0.1) is 18.6 Å². The number of halogens is 2. The Morgan fingerprint density at radius 3 is 2.68 bits per heavy atom. The van der Waals surface area contributed by atoms with Gasteiger partial charge in [-0.15, -0.1) is 0 Å². The molecule has 0 aliphatic rings. The Morgan fingerprint density at radius 1 is 1.37 bits per heavy atom. The maximum atomic E-state index is 13.1. The number of carbonyl (C=O) groups excluding carboxylic acids is 1. The summed E-state index contributed by atoms with van der Waals surface area (Å²) in [6.07, 6.45) is 1.48. The molecule has 1 unspecified atom stereocenters. The molecular formula is C13H11F2NO2S. The lowest BCUT2D eigenvalue weighted by Gasteiger charge is -2.07. The summed E-state index contributed by atoms with van der Waals surface area (Å²) in [6.45, 7) is 3.43. The molecule has 0 N–H and O–H groups in total. The molecule has 0 fully saturated rings. The maximum absolute atomic E-state index is 13.1. The minimum Gasteiger partial charge on any atom is -0.440 e. The highest BCUT2D eigenvalue weighted by molar-refractivity contribution is 8.00. The number of rotatable bonds is 4. The predicted octanol–water partition coefficient (Wildman–Crippen LogP) is 3.62. The molecule has 0 spiro atoms. The fourth-order valence-electron chi connectivity index (χ4n) is 1.48. The molecule has 0 amide bonds. The Hall–Kier alpha value is -1.69. The van der Waals surface area contributed by atoms with Crippen LogP contribution in [0.4, 0.5) is 8.78 Å². The zero-order valence-electron chi connectivity index (χ0n) is 10.3. The van der Waals surface area contributed by atoms with Crippen molar-refractivity contribution in [3.05, 3.63) is 47.4 Å². The van der Waals surface area contributed by atoms with Crippen molar-refractivity contribution < 1.29 is 18.0 Å². The van der Waals surface area contributed by atoms with Crippen LogP contribution in [0.5, 0.6) is 0 Å². The third kappa shape index (κ3) is 3.20. The molecule has 0 saturated heterocycles. The minimum atomic E-state index is -1.03. The first-order valence-electron chi connectivity index (χ1n) is 5.55. The number of aromatic nitrogens is 1. The van der Waals surface area contributed by atoms with Crippen molar-refractivity contribution in [2.45, 2.75) is 24.3 Å². The number of hydrogen-bond acceptors (Lipinski definition) is 4. The van der Waals surface area contributed by atoms with E-state index < -0.39 is 16.9 Å². The average molecular weight is 283 g/mol. The van der Waals surface area contributed by atoms with Crippen LogP contribution in [0.3, 0.4) is 0 Å². The summed E-state index contributed by atoms with van der Waals surface area (Å²) in [4.78, 5) is 16.1. The van der Waals surface area contributed by atoms with Gasteiger partial charge in [0.2, 0.25) is 0 Å². The molecule has 2 rings (SSSR count). The number of nitrogens with zero attached hydrogens (tertiary/aromatic N) is 1. The van der Waals surface area contributed by atoms with Gasteiger partial charge in [-0.2, -0.15) is 0 Å². The molecule has 2 aromatic rings. The van der Waals surface area contributed by atoms with Crippen LogP contribution in [-0.2, 0) is 0 Å². The molecule has 0 saturated carbocycles.